The minimum atomic E-state index is 0.468. The van der Waals surface area contributed by atoms with E-state index in [-0.39, 0.29) is 0 Å². The second-order valence-electron chi connectivity index (χ2n) is 5.07. The molecule has 0 amide bonds. The number of nitriles is 1. The van der Waals surface area contributed by atoms with Crippen molar-refractivity contribution in [2.24, 2.45) is 0 Å². The molecule has 1 fully saturated rings. The van der Waals surface area contributed by atoms with E-state index in [4.69, 9.17) is 5.26 Å². The first-order valence-electron chi connectivity index (χ1n) is 6.68. The zero-order valence-corrected chi connectivity index (χ0v) is 11.0. The molecule has 1 aliphatic heterocycles. The van der Waals surface area contributed by atoms with Crippen LogP contribution in [0.15, 0.2) is 30.3 Å². The van der Waals surface area contributed by atoms with Gasteiger partial charge in [0, 0.05) is 25.2 Å². The Morgan fingerprint density at radius 1 is 1.39 bits per heavy atom. The van der Waals surface area contributed by atoms with Crippen LogP contribution >= 0.6 is 0 Å². The molecule has 1 aromatic carbocycles. The Labute approximate surface area is 109 Å². The highest BCUT2D eigenvalue weighted by atomic mass is 15.2. The third kappa shape index (κ3) is 3.56. The second kappa shape index (κ2) is 6.53. The molecule has 1 saturated heterocycles. The van der Waals surface area contributed by atoms with E-state index in [0.29, 0.717) is 18.6 Å². The smallest absolute Gasteiger partial charge is 0.0843 e. The van der Waals surface area contributed by atoms with Gasteiger partial charge in [0.1, 0.15) is 0 Å². The van der Waals surface area contributed by atoms with Crippen molar-refractivity contribution in [1.29, 1.82) is 5.26 Å². The Balaban J connectivity index is 1.84. The molecule has 0 aromatic heterocycles. The SMILES string of the molecule is CC1CC(NCC#N)CCN1Cc1ccccc1. The summed E-state index contributed by atoms with van der Waals surface area (Å²) in [5.41, 5.74) is 1.38. The largest absolute Gasteiger partial charge is 0.302 e. The molecule has 0 radical (unpaired) electrons. The maximum absolute atomic E-state index is 8.59. The van der Waals surface area contributed by atoms with E-state index in [1.807, 2.05) is 0 Å². The van der Waals surface area contributed by atoms with Crippen molar-refractivity contribution < 1.29 is 0 Å². The van der Waals surface area contributed by atoms with Crippen LogP contribution in [0.4, 0.5) is 0 Å². The van der Waals surface area contributed by atoms with Gasteiger partial charge in [-0.25, -0.2) is 0 Å². The maximum Gasteiger partial charge on any atom is 0.0843 e. The van der Waals surface area contributed by atoms with Crippen LogP contribution in [0, 0.1) is 11.3 Å². The lowest BCUT2D eigenvalue weighted by atomic mass is 9.97. The van der Waals surface area contributed by atoms with Crippen molar-refractivity contribution in [2.75, 3.05) is 13.1 Å². The van der Waals surface area contributed by atoms with Crippen LogP contribution in [0.25, 0.3) is 0 Å². The molecule has 1 aliphatic rings. The van der Waals surface area contributed by atoms with E-state index < -0.39 is 0 Å². The van der Waals surface area contributed by atoms with Gasteiger partial charge in [0.05, 0.1) is 12.6 Å². The van der Waals surface area contributed by atoms with Crippen molar-refractivity contribution >= 4 is 0 Å². The number of hydrogen-bond donors (Lipinski definition) is 1. The summed E-state index contributed by atoms with van der Waals surface area (Å²) in [7, 11) is 0. The van der Waals surface area contributed by atoms with Crippen LogP contribution in [0.1, 0.15) is 25.3 Å². The Morgan fingerprint density at radius 3 is 2.83 bits per heavy atom. The lowest BCUT2D eigenvalue weighted by Crippen LogP contribution is -2.47. The highest BCUT2D eigenvalue weighted by Gasteiger charge is 2.24. The molecule has 0 saturated carbocycles. The van der Waals surface area contributed by atoms with Crippen LogP contribution in [0.2, 0.25) is 0 Å². The predicted octanol–water partition coefficient (Wildman–Crippen LogP) is 2.15. The third-order valence-electron chi connectivity index (χ3n) is 3.71. The molecular formula is C15H21N3. The van der Waals surface area contributed by atoms with Crippen LogP contribution < -0.4 is 5.32 Å². The molecule has 0 bridgehead atoms. The van der Waals surface area contributed by atoms with E-state index in [9.17, 15) is 0 Å². The Bertz CT molecular complexity index is 396. The number of benzene rings is 1. The minimum absolute atomic E-state index is 0.468. The number of hydrogen-bond acceptors (Lipinski definition) is 3. The third-order valence-corrected chi connectivity index (χ3v) is 3.71. The topological polar surface area (TPSA) is 39.1 Å². The zero-order chi connectivity index (χ0) is 12.8. The van der Waals surface area contributed by atoms with Gasteiger partial charge in [0.25, 0.3) is 0 Å². The van der Waals surface area contributed by atoms with Crippen LogP contribution in [0.3, 0.4) is 0 Å². The molecule has 0 aliphatic carbocycles. The first-order chi connectivity index (χ1) is 8.79. The summed E-state index contributed by atoms with van der Waals surface area (Å²) in [6.07, 6.45) is 2.27. The van der Waals surface area contributed by atoms with E-state index in [2.05, 4.69) is 53.5 Å². The minimum Gasteiger partial charge on any atom is -0.302 e. The van der Waals surface area contributed by atoms with Crippen LogP contribution in [-0.2, 0) is 6.54 Å². The van der Waals surface area contributed by atoms with E-state index in [0.717, 1.165) is 25.9 Å². The highest BCUT2D eigenvalue weighted by Crippen LogP contribution is 2.19. The Hall–Kier alpha value is -1.37. The van der Waals surface area contributed by atoms with E-state index in [1.54, 1.807) is 0 Å². The highest BCUT2D eigenvalue weighted by molar-refractivity contribution is 5.14. The first-order valence-corrected chi connectivity index (χ1v) is 6.68. The monoisotopic (exact) mass is 243 g/mol. The average molecular weight is 243 g/mol. The summed E-state index contributed by atoms with van der Waals surface area (Å²) in [5.74, 6) is 0. The van der Waals surface area contributed by atoms with Gasteiger partial charge in [-0.3, -0.25) is 4.90 Å². The quantitative estimate of drug-likeness (QED) is 0.824. The standard InChI is InChI=1S/C15H21N3/c1-13-11-15(17-9-8-16)7-10-18(13)12-14-5-3-2-4-6-14/h2-6,13,15,17H,7,9-12H2,1H3. The summed E-state index contributed by atoms with van der Waals surface area (Å²) in [6.45, 7) is 4.89. The fourth-order valence-electron chi connectivity index (χ4n) is 2.65. The molecule has 1 N–H and O–H groups in total. The summed E-state index contributed by atoms with van der Waals surface area (Å²) >= 11 is 0. The molecule has 2 unspecified atom stereocenters. The summed E-state index contributed by atoms with van der Waals surface area (Å²) in [6, 6.07) is 13.9. The molecule has 1 aromatic rings. The predicted molar refractivity (Wildman–Crippen MR) is 73.0 cm³/mol. The van der Waals surface area contributed by atoms with Crippen molar-refractivity contribution in [1.82, 2.24) is 10.2 Å². The van der Waals surface area contributed by atoms with Gasteiger partial charge in [-0.2, -0.15) is 5.26 Å². The average Bonchev–Trinajstić information content (AvgIpc) is 2.40. The molecule has 18 heavy (non-hydrogen) atoms. The van der Waals surface area contributed by atoms with Crippen molar-refractivity contribution in [3.8, 4) is 6.07 Å². The maximum atomic E-state index is 8.59. The normalized spacial score (nSPS) is 24.7. The van der Waals surface area contributed by atoms with E-state index >= 15 is 0 Å². The first kappa shape index (κ1) is 13.1. The number of rotatable bonds is 4. The number of piperidine rings is 1. The van der Waals surface area contributed by atoms with Crippen molar-refractivity contribution in [3.63, 3.8) is 0 Å². The van der Waals surface area contributed by atoms with Crippen LogP contribution in [-0.4, -0.2) is 30.1 Å². The van der Waals surface area contributed by atoms with Gasteiger partial charge in [-0.1, -0.05) is 30.3 Å². The fraction of sp³-hybridized carbons (Fsp3) is 0.533. The molecule has 2 atom stereocenters. The van der Waals surface area contributed by atoms with Gasteiger partial charge < -0.3 is 5.32 Å². The second-order valence-corrected chi connectivity index (χ2v) is 5.07. The van der Waals surface area contributed by atoms with Gasteiger partial charge in [-0.05, 0) is 25.3 Å². The van der Waals surface area contributed by atoms with Gasteiger partial charge in [0.2, 0.25) is 0 Å². The molecule has 3 heteroatoms. The zero-order valence-electron chi connectivity index (χ0n) is 11.0. The molecule has 3 nitrogen and oxygen atoms in total. The number of nitrogens with one attached hydrogen (secondary N) is 1. The number of likely N-dealkylation sites (tertiary alicyclic amines) is 1. The number of nitrogens with zero attached hydrogens (tertiary/aromatic N) is 2. The molecule has 96 valence electrons. The molecule has 1 heterocycles. The summed E-state index contributed by atoms with van der Waals surface area (Å²) in [5, 5.41) is 11.9. The molecular weight excluding hydrogens is 222 g/mol. The molecule has 0 spiro atoms. The lowest BCUT2D eigenvalue weighted by molar-refractivity contribution is 0.130. The summed E-state index contributed by atoms with van der Waals surface area (Å²) in [4.78, 5) is 2.53. The van der Waals surface area contributed by atoms with Crippen molar-refractivity contribution in [3.05, 3.63) is 35.9 Å². The Kier molecular flexibility index (Phi) is 4.74. The molecule has 2 rings (SSSR count). The van der Waals surface area contributed by atoms with Gasteiger partial charge in [0.15, 0.2) is 0 Å². The van der Waals surface area contributed by atoms with E-state index in [1.165, 1.54) is 5.56 Å². The fourth-order valence-corrected chi connectivity index (χ4v) is 2.65. The summed E-state index contributed by atoms with van der Waals surface area (Å²) < 4.78 is 0. The Morgan fingerprint density at radius 2 is 2.17 bits per heavy atom. The van der Waals surface area contributed by atoms with Crippen molar-refractivity contribution in [2.45, 2.75) is 38.4 Å². The van der Waals surface area contributed by atoms with Gasteiger partial charge in [-0.15, -0.1) is 0 Å². The lowest BCUT2D eigenvalue weighted by Gasteiger charge is -2.37. The van der Waals surface area contributed by atoms with Gasteiger partial charge >= 0.3 is 0 Å². The van der Waals surface area contributed by atoms with Crippen LogP contribution in [0.5, 0.6) is 0 Å².